The third kappa shape index (κ3) is 5.62. The standard InChI is InChI=1S/C25H31NO4/c1-17-12-19(15-22(13-17)29-2)14-21-6-4-5-7-23(21)24(27)26-16-18-8-10-20(11-9-18)25(28)30-3/h8-13,15,21,23H,4-7,14,16H2,1-3H3,(H,26,27)/t21-,23+/m0/s1. The van der Waals surface area contributed by atoms with Crippen LogP contribution in [0.15, 0.2) is 42.5 Å². The van der Waals surface area contributed by atoms with Crippen LogP contribution in [0.5, 0.6) is 5.75 Å². The van der Waals surface area contributed by atoms with Crippen molar-refractivity contribution in [2.45, 2.75) is 45.6 Å². The number of methoxy groups -OCH3 is 2. The van der Waals surface area contributed by atoms with Crippen molar-refractivity contribution in [3.63, 3.8) is 0 Å². The number of benzene rings is 2. The van der Waals surface area contributed by atoms with Gasteiger partial charge in [-0.25, -0.2) is 4.79 Å². The number of rotatable bonds is 7. The highest BCUT2D eigenvalue weighted by atomic mass is 16.5. The summed E-state index contributed by atoms with van der Waals surface area (Å²) in [5.74, 6) is 1.00. The molecule has 5 nitrogen and oxygen atoms in total. The Balaban J connectivity index is 1.62. The molecule has 1 aliphatic rings. The summed E-state index contributed by atoms with van der Waals surface area (Å²) in [6.07, 6.45) is 5.17. The first kappa shape index (κ1) is 21.9. The molecule has 5 heteroatoms. The lowest BCUT2D eigenvalue weighted by atomic mass is 9.75. The summed E-state index contributed by atoms with van der Waals surface area (Å²) in [7, 11) is 3.05. The van der Waals surface area contributed by atoms with Crippen LogP contribution in [-0.2, 0) is 22.5 Å². The Bertz CT molecular complexity index is 875. The van der Waals surface area contributed by atoms with E-state index in [1.54, 1.807) is 19.2 Å². The van der Waals surface area contributed by atoms with Gasteiger partial charge in [-0.15, -0.1) is 0 Å². The van der Waals surface area contributed by atoms with Crippen molar-refractivity contribution in [3.05, 3.63) is 64.7 Å². The smallest absolute Gasteiger partial charge is 0.337 e. The molecule has 1 aliphatic carbocycles. The number of aryl methyl sites for hydroxylation is 1. The van der Waals surface area contributed by atoms with Gasteiger partial charge in [0.25, 0.3) is 0 Å². The molecule has 0 heterocycles. The SMILES string of the molecule is COC(=O)c1ccc(CNC(=O)[C@@H]2CCCC[C@H]2Cc2cc(C)cc(OC)c2)cc1. The number of amides is 1. The monoisotopic (exact) mass is 409 g/mol. The molecule has 0 saturated heterocycles. The van der Waals surface area contributed by atoms with Crippen molar-refractivity contribution in [3.8, 4) is 5.75 Å². The van der Waals surface area contributed by atoms with E-state index in [-0.39, 0.29) is 17.8 Å². The molecular weight excluding hydrogens is 378 g/mol. The summed E-state index contributed by atoms with van der Waals surface area (Å²) >= 11 is 0. The van der Waals surface area contributed by atoms with E-state index < -0.39 is 0 Å². The summed E-state index contributed by atoms with van der Waals surface area (Å²) in [6.45, 7) is 2.53. The van der Waals surface area contributed by atoms with E-state index in [2.05, 4.69) is 24.4 Å². The van der Waals surface area contributed by atoms with E-state index in [9.17, 15) is 9.59 Å². The number of carbonyl (C=O) groups is 2. The number of carbonyl (C=O) groups excluding carboxylic acids is 2. The molecule has 160 valence electrons. The second-order valence-corrected chi connectivity index (χ2v) is 8.12. The third-order valence-corrected chi connectivity index (χ3v) is 5.93. The van der Waals surface area contributed by atoms with Crippen molar-refractivity contribution < 1.29 is 19.1 Å². The maximum Gasteiger partial charge on any atom is 0.337 e. The van der Waals surface area contributed by atoms with Crippen molar-refractivity contribution in [1.82, 2.24) is 5.32 Å². The lowest BCUT2D eigenvalue weighted by Crippen LogP contribution is -2.37. The summed E-state index contributed by atoms with van der Waals surface area (Å²) in [4.78, 5) is 24.5. The Kier molecular flexibility index (Phi) is 7.50. The van der Waals surface area contributed by atoms with Gasteiger partial charge in [0.05, 0.1) is 19.8 Å². The van der Waals surface area contributed by atoms with Crippen LogP contribution < -0.4 is 10.1 Å². The first-order chi connectivity index (χ1) is 14.5. The van der Waals surface area contributed by atoms with Crippen molar-refractivity contribution in [2.75, 3.05) is 14.2 Å². The Hall–Kier alpha value is -2.82. The van der Waals surface area contributed by atoms with Crippen LogP contribution in [0.3, 0.4) is 0 Å². The molecule has 2 aromatic carbocycles. The van der Waals surface area contributed by atoms with Gasteiger partial charge in [-0.05, 0) is 73.1 Å². The Labute approximate surface area is 178 Å². The summed E-state index contributed by atoms with van der Waals surface area (Å²) in [5.41, 5.74) is 3.88. The van der Waals surface area contributed by atoms with Crippen molar-refractivity contribution in [2.24, 2.45) is 11.8 Å². The number of ether oxygens (including phenoxy) is 2. The number of hydrogen-bond donors (Lipinski definition) is 1. The minimum atomic E-state index is -0.358. The van der Waals surface area contributed by atoms with Gasteiger partial charge in [0.15, 0.2) is 0 Å². The van der Waals surface area contributed by atoms with Crippen LogP contribution in [0.1, 0.15) is 52.7 Å². The fraction of sp³-hybridized carbons (Fsp3) is 0.440. The zero-order valence-electron chi connectivity index (χ0n) is 18.1. The van der Waals surface area contributed by atoms with Crippen LogP contribution in [0, 0.1) is 18.8 Å². The molecule has 2 atom stereocenters. The maximum atomic E-state index is 13.0. The van der Waals surface area contributed by atoms with Gasteiger partial charge in [-0.2, -0.15) is 0 Å². The van der Waals surface area contributed by atoms with Crippen LogP contribution in [-0.4, -0.2) is 26.1 Å². The molecule has 1 N–H and O–H groups in total. The van der Waals surface area contributed by atoms with Gasteiger partial charge in [0.1, 0.15) is 5.75 Å². The average molecular weight is 410 g/mol. The molecule has 30 heavy (non-hydrogen) atoms. The van der Waals surface area contributed by atoms with Gasteiger partial charge in [-0.3, -0.25) is 4.79 Å². The van der Waals surface area contributed by atoms with Gasteiger partial charge < -0.3 is 14.8 Å². The van der Waals surface area contributed by atoms with Crippen LogP contribution in [0.4, 0.5) is 0 Å². The van der Waals surface area contributed by atoms with E-state index in [1.807, 2.05) is 18.2 Å². The van der Waals surface area contributed by atoms with Gasteiger partial charge in [0.2, 0.25) is 5.91 Å². The van der Waals surface area contributed by atoms with Crippen LogP contribution >= 0.6 is 0 Å². The van der Waals surface area contributed by atoms with Crippen molar-refractivity contribution in [1.29, 1.82) is 0 Å². The third-order valence-electron chi connectivity index (χ3n) is 5.93. The first-order valence-electron chi connectivity index (χ1n) is 10.6. The minimum absolute atomic E-state index is 0.0274. The predicted molar refractivity (Wildman–Crippen MR) is 117 cm³/mol. The van der Waals surface area contributed by atoms with E-state index >= 15 is 0 Å². The summed E-state index contributed by atoms with van der Waals surface area (Å²) in [6, 6.07) is 13.5. The molecular formula is C25H31NO4. The fourth-order valence-corrected chi connectivity index (χ4v) is 4.36. The highest BCUT2D eigenvalue weighted by Gasteiger charge is 2.31. The quantitative estimate of drug-likeness (QED) is 0.686. The predicted octanol–water partition coefficient (Wildman–Crippen LogP) is 4.46. The van der Waals surface area contributed by atoms with Crippen LogP contribution in [0.25, 0.3) is 0 Å². The minimum Gasteiger partial charge on any atom is -0.497 e. The second-order valence-electron chi connectivity index (χ2n) is 8.12. The normalized spacial score (nSPS) is 18.5. The number of hydrogen-bond acceptors (Lipinski definition) is 4. The number of nitrogens with one attached hydrogen (secondary N) is 1. The Morgan fingerprint density at radius 3 is 2.43 bits per heavy atom. The topological polar surface area (TPSA) is 64.6 Å². The van der Waals surface area contributed by atoms with Gasteiger partial charge >= 0.3 is 5.97 Å². The molecule has 2 aromatic rings. The highest BCUT2D eigenvalue weighted by molar-refractivity contribution is 5.89. The van der Waals surface area contributed by atoms with E-state index in [0.29, 0.717) is 18.0 Å². The fourth-order valence-electron chi connectivity index (χ4n) is 4.36. The molecule has 0 aromatic heterocycles. The zero-order chi connectivity index (χ0) is 21.5. The average Bonchev–Trinajstić information content (AvgIpc) is 2.77. The summed E-state index contributed by atoms with van der Waals surface area (Å²) in [5, 5.41) is 3.10. The molecule has 1 saturated carbocycles. The molecule has 0 radical (unpaired) electrons. The van der Waals surface area contributed by atoms with Crippen LogP contribution in [0.2, 0.25) is 0 Å². The molecule has 1 fully saturated rings. The number of esters is 1. The lowest BCUT2D eigenvalue weighted by Gasteiger charge is -2.31. The molecule has 1 amide bonds. The maximum absolute atomic E-state index is 13.0. The molecule has 0 unspecified atom stereocenters. The van der Waals surface area contributed by atoms with Gasteiger partial charge in [0, 0.05) is 12.5 Å². The van der Waals surface area contributed by atoms with E-state index in [0.717, 1.165) is 37.0 Å². The lowest BCUT2D eigenvalue weighted by molar-refractivity contribution is -0.127. The first-order valence-corrected chi connectivity index (χ1v) is 10.6. The highest BCUT2D eigenvalue weighted by Crippen LogP contribution is 2.33. The molecule has 0 bridgehead atoms. The largest absolute Gasteiger partial charge is 0.497 e. The van der Waals surface area contributed by atoms with Crippen molar-refractivity contribution >= 4 is 11.9 Å². The summed E-state index contributed by atoms with van der Waals surface area (Å²) < 4.78 is 10.1. The van der Waals surface area contributed by atoms with E-state index in [1.165, 1.54) is 24.7 Å². The van der Waals surface area contributed by atoms with Gasteiger partial charge in [-0.1, -0.05) is 31.0 Å². The molecule has 3 rings (SSSR count). The molecule has 0 aliphatic heterocycles. The zero-order valence-corrected chi connectivity index (χ0v) is 18.1. The molecule has 0 spiro atoms. The second kappa shape index (κ2) is 10.3. The Morgan fingerprint density at radius 2 is 1.73 bits per heavy atom. The Morgan fingerprint density at radius 1 is 1.00 bits per heavy atom. The van der Waals surface area contributed by atoms with E-state index in [4.69, 9.17) is 9.47 Å².